The van der Waals surface area contributed by atoms with E-state index in [4.69, 9.17) is 37.7 Å². The number of rotatable bonds is 13. The van der Waals surface area contributed by atoms with Gasteiger partial charge in [-0.2, -0.15) is 0 Å². The van der Waals surface area contributed by atoms with E-state index >= 15 is 0 Å². The highest BCUT2D eigenvalue weighted by Gasteiger charge is 2.28. The minimum absolute atomic E-state index is 0.201. The molecule has 2 atom stereocenters. The Morgan fingerprint density at radius 1 is 0.780 bits per heavy atom. The molecule has 0 spiro atoms. The molecule has 2 amide bonds. The van der Waals surface area contributed by atoms with E-state index in [1.54, 1.807) is 14.2 Å². The third-order valence-corrected chi connectivity index (χ3v) is 11.1. The fourth-order valence-electron chi connectivity index (χ4n) is 7.15. The van der Waals surface area contributed by atoms with Crippen LogP contribution >= 0.6 is 23.2 Å². The lowest BCUT2D eigenvalue weighted by Crippen LogP contribution is -2.37. The van der Waals surface area contributed by atoms with Crippen LogP contribution in [0.4, 0.5) is 0 Å². The molecule has 2 aliphatic rings. The standard InChI is InChI=1S/C40H44Cl2N4O4/c1-45-28(17-20-36(45)47)9-5-8-25-16-19-34(44-40(25)50-4)33-13-7-12-32(39(33)42)31-11-6-10-30(38(31)41)26-14-15-27(35(22-26)49-3)23-43-24-29-18-21-37(48)46(29)2/h6-7,10-16,19,22,28-29,43H,5,8-9,17-18,20-21,23-24H2,1-4H3. The molecule has 6 rings (SSSR count). The fraction of sp³-hybridized carbons (Fsp3) is 0.375. The van der Waals surface area contributed by atoms with Crippen LogP contribution in [0.15, 0.2) is 66.7 Å². The van der Waals surface area contributed by atoms with Gasteiger partial charge < -0.3 is 24.6 Å². The predicted molar refractivity (Wildman–Crippen MR) is 200 cm³/mol. The Morgan fingerprint density at radius 3 is 2.04 bits per heavy atom. The van der Waals surface area contributed by atoms with Gasteiger partial charge in [-0.1, -0.05) is 77.8 Å². The van der Waals surface area contributed by atoms with Crippen LogP contribution in [0.1, 0.15) is 49.7 Å². The van der Waals surface area contributed by atoms with E-state index in [1.165, 1.54) is 0 Å². The van der Waals surface area contributed by atoms with Crippen molar-refractivity contribution in [2.45, 2.75) is 63.6 Å². The minimum Gasteiger partial charge on any atom is -0.496 e. The Hall–Kier alpha value is -4.11. The molecule has 4 aromatic rings. The van der Waals surface area contributed by atoms with Gasteiger partial charge in [0, 0.05) is 85.5 Å². The van der Waals surface area contributed by atoms with Crippen LogP contribution in [-0.4, -0.2) is 73.5 Å². The number of likely N-dealkylation sites (tertiary alicyclic amines) is 2. The maximum Gasteiger partial charge on any atom is 0.222 e. The summed E-state index contributed by atoms with van der Waals surface area (Å²) in [6.07, 6.45) is 5.76. The maximum atomic E-state index is 11.9. The van der Waals surface area contributed by atoms with Gasteiger partial charge in [-0.05, 0) is 49.8 Å². The van der Waals surface area contributed by atoms with Crippen molar-refractivity contribution < 1.29 is 19.1 Å². The van der Waals surface area contributed by atoms with E-state index in [1.807, 2.05) is 72.4 Å². The Labute approximate surface area is 304 Å². The monoisotopic (exact) mass is 714 g/mol. The van der Waals surface area contributed by atoms with Gasteiger partial charge in [0.05, 0.1) is 30.0 Å². The Kier molecular flexibility index (Phi) is 11.3. The van der Waals surface area contributed by atoms with Gasteiger partial charge in [0.2, 0.25) is 17.7 Å². The van der Waals surface area contributed by atoms with E-state index in [0.29, 0.717) is 47.0 Å². The SMILES string of the molecule is COc1cc(-c2cccc(-c3cccc(-c4ccc(CCCC5CCC(=O)N5C)c(OC)n4)c3Cl)c2Cl)ccc1CNCC1CCC(=O)N1C. The topological polar surface area (TPSA) is 84.0 Å². The van der Waals surface area contributed by atoms with Crippen LogP contribution in [0.25, 0.3) is 33.5 Å². The highest BCUT2D eigenvalue weighted by Crippen LogP contribution is 2.43. The molecule has 2 saturated heterocycles. The normalized spacial score (nSPS) is 17.6. The summed E-state index contributed by atoms with van der Waals surface area (Å²) in [6, 6.07) is 22.5. The van der Waals surface area contributed by atoms with Crippen molar-refractivity contribution in [1.29, 1.82) is 0 Å². The highest BCUT2D eigenvalue weighted by atomic mass is 35.5. The number of pyridine rings is 1. The number of halogens is 2. The van der Waals surface area contributed by atoms with Gasteiger partial charge >= 0.3 is 0 Å². The molecule has 1 N–H and O–H groups in total. The molecule has 50 heavy (non-hydrogen) atoms. The molecule has 0 bridgehead atoms. The zero-order valence-electron chi connectivity index (χ0n) is 29.1. The number of hydrogen-bond donors (Lipinski definition) is 1. The fourth-order valence-corrected chi connectivity index (χ4v) is 7.81. The number of nitrogens with one attached hydrogen (secondary N) is 1. The molecule has 3 aromatic carbocycles. The average Bonchev–Trinajstić information content (AvgIpc) is 3.63. The zero-order chi connectivity index (χ0) is 35.4. The van der Waals surface area contributed by atoms with Crippen LogP contribution < -0.4 is 14.8 Å². The number of aryl methyl sites for hydroxylation is 1. The molecule has 2 unspecified atom stereocenters. The second-order valence-electron chi connectivity index (χ2n) is 13.1. The number of likely N-dealkylation sites (N-methyl/N-ethyl adjacent to an activating group) is 1. The molecule has 2 fully saturated rings. The average molecular weight is 716 g/mol. The first-order valence-corrected chi connectivity index (χ1v) is 18.0. The summed E-state index contributed by atoms with van der Waals surface area (Å²) >= 11 is 14.3. The molecule has 0 aliphatic carbocycles. The van der Waals surface area contributed by atoms with Crippen molar-refractivity contribution in [1.82, 2.24) is 20.1 Å². The van der Waals surface area contributed by atoms with Crippen molar-refractivity contribution in [2.24, 2.45) is 0 Å². The van der Waals surface area contributed by atoms with Crippen LogP contribution in [0.5, 0.6) is 11.6 Å². The van der Waals surface area contributed by atoms with Crippen LogP contribution in [0.3, 0.4) is 0 Å². The molecule has 0 radical (unpaired) electrons. The van der Waals surface area contributed by atoms with Gasteiger partial charge in [-0.15, -0.1) is 0 Å². The van der Waals surface area contributed by atoms with Gasteiger partial charge in [0.1, 0.15) is 5.75 Å². The van der Waals surface area contributed by atoms with Crippen LogP contribution in [-0.2, 0) is 22.6 Å². The van der Waals surface area contributed by atoms with Gasteiger partial charge in [0.25, 0.3) is 0 Å². The van der Waals surface area contributed by atoms with Gasteiger partial charge in [-0.3, -0.25) is 9.59 Å². The molecule has 8 nitrogen and oxygen atoms in total. The second-order valence-corrected chi connectivity index (χ2v) is 13.9. The molecule has 10 heteroatoms. The molecule has 262 valence electrons. The number of aromatic nitrogens is 1. The minimum atomic E-state index is 0.201. The number of hydrogen-bond acceptors (Lipinski definition) is 6. The van der Waals surface area contributed by atoms with Crippen molar-refractivity contribution in [3.8, 4) is 45.1 Å². The quantitative estimate of drug-likeness (QED) is 0.151. The smallest absolute Gasteiger partial charge is 0.222 e. The number of ether oxygens (including phenoxy) is 2. The summed E-state index contributed by atoms with van der Waals surface area (Å²) in [5.74, 6) is 1.77. The highest BCUT2D eigenvalue weighted by molar-refractivity contribution is 6.39. The number of nitrogens with zero attached hydrogens (tertiary/aromatic N) is 3. The number of carbonyl (C=O) groups excluding carboxylic acids is 2. The second kappa shape index (κ2) is 15.8. The van der Waals surface area contributed by atoms with Crippen molar-refractivity contribution in [3.05, 3.63) is 87.9 Å². The summed E-state index contributed by atoms with van der Waals surface area (Å²) in [6.45, 7) is 1.36. The van der Waals surface area contributed by atoms with E-state index in [0.717, 1.165) is 83.3 Å². The lowest BCUT2D eigenvalue weighted by atomic mass is 9.96. The first-order chi connectivity index (χ1) is 24.2. The summed E-state index contributed by atoms with van der Waals surface area (Å²) in [4.78, 5) is 32.4. The number of benzene rings is 3. The zero-order valence-corrected chi connectivity index (χ0v) is 30.6. The Bertz CT molecular complexity index is 1750. The molecule has 2 aliphatic heterocycles. The van der Waals surface area contributed by atoms with Crippen LogP contribution in [0.2, 0.25) is 10.0 Å². The summed E-state index contributed by atoms with van der Waals surface area (Å²) in [5.41, 5.74) is 6.97. The lowest BCUT2D eigenvalue weighted by Gasteiger charge is -2.20. The third kappa shape index (κ3) is 7.48. The first-order valence-electron chi connectivity index (χ1n) is 17.2. The van der Waals surface area contributed by atoms with Crippen molar-refractivity contribution in [2.75, 3.05) is 34.9 Å². The number of carbonyl (C=O) groups is 2. The first kappa shape index (κ1) is 35.7. The largest absolute Gasteiger partial charge is 0.496 e. The maximum absolute atomic E-state index is 11.9. The van der Waals surface area contributed by atoms with E-state index < -0.39 is 0 Å². The molecular weight excluding hydrogens is 671 g/mol. The van der Waals surface area contributed by atoms with Gasteiger partial charge in [0.15, 0.2) is 0 Å². The molecule has 0 saturated carbocycles. The van der Waals surface area contributed by atoms with Gasteiger partial charge in [-0.25, -0.2) is 4.98 Å². The van der Waals surface area contributed by atoms with E-state index in [9.17, 15) is 9.59 Å². The lowest BCUT2D eigenvalue weighted by molar-refractivity contribution is -0.128. The predicted octanol–water partition coefficient (Wildman–Crippen LogP) is 8.06. The molecular formula is C40H44Cl2N4O4. The Morgan fingerprint density at radius 2 is 1.40 bits per heavy atom. The third-order valence-electron chi connectivity index (χ3n) is 10.2. The number of methoxy groups -OCH3 is 2. The van der Waals surface area contributed by atoms with E-state index in [2.05, 4.69) is 23.5 Å². The number of amides is 2. The summed E-state index contributed by atoms with van der Waals surface area (Å²) < 4.78 is 11.5. The van der Waals surface area contributed by atoms with Crippen molar-refractivity contribution in [3.63, 3.8) is 0 Å². The molecule has 3 heterocycles. The van der Waals surface area contributed by atoms with Crippen LogP contribution in [0, 0.1) is 0 Å². The summed E-state index contributed by atoms with van der Waals surface area (Å²) in [5, 5.41) is 4.63. The Balaban J connectivity index is 1.19. The molecule has 1 aromatic heterocycles. The van der Waals surface area contributed by atoms with Crippen molar-refractivity contribution >= 4 is 35.0 Å². The summed E-state index contributed by atoms with van der Waals surface area (Å²) in [7, 11) is 7.08. The van der Waals surface area contributed by atoms with E-state index in [-0.39, 0.29) is 17.9 Å².